The summed E-state index contributed by atoms with van der Waals surface area (Å²) in [5, 5.41) is 8.65. The van der Waals surface area contributed by atoms with Gasteiger partial charge in [-0.25, -0.2) is 9.48 Å². The van der Waals surface area contributed by atoms with Crippen LogP contribution in [0.5, 0.6) is 11.5 Å². The van der Waals surface area contributed by atoms with Gasteiger partial charge in [-0.05, 0) is 62.9 Å². The van der Waals surface area contributed by atoms with E-state index in [1.807, 2.05) is 44.2 Å². The summed E-state index contributed by atoms with van der Waals surface area (Å²) in [6, 6.07) is 13.4. The lowest BCUT2D eigenvalue weighted by atomic mass is 9.95. The van der Waals surface area contributed by atoms with Gasteiger partial charge in [-0.3, -0.25) is 0 Å². The number of nitrogens with zero attached hydrogens (tertiary/aromatic N) is 3. The van der Waals surface area contributed by atoms with Crippen molar-refractivity contribution < 1.29 is 19.0 Å². The van der Waals surface area contributed by atoms with E-state index < -0.39 is 6.04 Å². The van der Waals surface area contributed by atoms with Crippen LogP contribution in [-0.2, 0) is 16.1 Å². The van der Waals surface area contributed by atoms with E-state index in [1.165, 1.54) is 5.56 Å². The molecular formula is C28H34N4O4S. The summed E-state index contributed by atoms with van der Waals surface area (Å²) in [7, 11) is 0. The first-order valence-corrected chi connectivity index (χ1v) is 13.6. The molecule has 1 unspecified atom stereocenters. The molecule has 0 fully saturated rings. The molecule has 0 amide bonds. The number of aromatic nitrogens is 3. The van der Waals surface area contributed by atoms with Crippen LogP contribution in [0.1, 0.15) is 56.8 Å². The molecule has 8 nitrogen and oxygen atoms in total. The average Bonchev–Trinajstić information content (AvgIpc) is 3.29. The van der Waals surface area contributed by atoms with Crippen LogP contribution >= 0.6 is 11.8 Å². The molecule has 9 heteroatoms. The highest BCUT2D eigenvalue weighted by Gasteiger charge is 2.35. The Morgan fingerprint density at radius 1 is 1.05 bits per heavy atom. The van der Waals surface area contributed by atoms with Gasteiger partial charge in [0.05, 0.1) is 18.8 Å². The Labute approximate surface area is 222 Å². The van der Waals surface area contributed by atoms with E-state index in [0.29, 0.717) is 47.1 Å². The van der Waals surface area contributed by atoms with Gasteiger partial charge in [0, 0.05) is 11.4 Å². The molecule has 0 saturated heterocycles. The second-order valence-electron chi connectivity index (χ2n) is 8.65. The van der Waals surface area contributed by atoms with Crippen LogP contribution in [0, 0.1) is 6.92 Å². The predicted octanol–water partition coefficient (Wildman–Crippen LogP) is 5.92. The third kappa shape index (κ3) is 5.93. The van der Waals surface area contributed by atoms with Crippen molar-refractivity contribution in [3.63, 3.8) is 0 Å². The molecule has 0 saturated carbocycles. The van der Waals surface area contributed by atoms with Crippen molar-refractivity contribution in [2.75, 3.05) is 24.3 Å². The number of benzene rings is 2. The van der Waals surface area contributed by atoms with Crippen LogP contribution in [0.2, 0.25) is 0 Å². The summed E-state index contributed by atoms with van der Waals surface area (Å²) < 4.78 is 19.3. The standard InChI is InChI=1S/C28H34N4O4S/c1-6-15-37-28-30-27-29-19(5)24(26(33)35-8-3)25(32(27)31-28)20-13-14-22(23(16-20)34-7-2)36-17-21-12-10-9-11-18(21)4/h9-14,16,25H,6-8,15,17H2,1-5H3,(H,29,30,31). The van der Waals surface area contributed by atoms with E-state index in [-0.39, 0.29) is 12.6 Å². The SMILES string of the molecule is CCCSc1nc2n(n1)C(c1ccc(OCc3ccccc3C)c(OCC)c1)C(C(=O)OCC)=C(C)N2. The van der Waals surface area contributed by atoms with Crippen molar-refractivity contribution in [1.29, 1.82) is 0 Å². The molecule has 0 aliphatic carbocycles. The van der Waals surface area contributed by atoms with Gasteiger partial charge in [0.2, 0.25) is 11.1 Å². The molecule has 2 heterocycles. The molecule has 1 N–H and O–H groups in total. The van der Waals surface area contributed by atoms with Crippen LogP contribution < -0.4 is 14.8 Å². The number of carbonyl (C=O) groups excluding carboxylic acids is 1. The third-order valence-electron chi connectivity index (χ3n) is 5.99. The van der Waals surface area contributed by atoms with Gasteiger partial charge in [-0.2, -0.15) is 4.98 Å². The quantitative estimate of drug-likeness (QED) is 0.245. The van der Waals surface area contributed by atoms with Crippen molar-refractivity contribution in [2.24, 2.45) is 0 Å². The zero-order chi connectivity index (χ0) is 26.4. The number of carbonyl (C=O) groups is 1. The molecule has 4 rings (SSSR count). The molecule has 1 aromatic heterocycles. The molecule has 0 radical (unpaired) electrons. The Balaban J connectivity index is 1.73. The monoisotopic (exact) mass is 522 g/mol. The number of fused-ring (bicyclic) bond motifs is 1. The number of hydrogen-bond donors (Lipinski definition) is 1. The van der Waals surface area contributed by atoms with E-state index in [0.717, 1.165) is 23.3 Å². The van der Waals surface area contributed by atoms with Gasteiger partial charge in [0.15, 0.2) is 11.5 Å². The van der Waals surface area contributed by atoms with Crippen molar-refractivity contribution in [3.8, 4) is 11.5 Å². The minimum absolute atomic E-state index is 0.278. The van der Waals surface area contributed by atoms with Gasteiger partial charge in [-0.15, -0.1) is 5.10 Å². The Bertz CT molecular complexity index is 1290. The zero-order valence-corrected chi connectivity index (χ0v) is 22.9. The van der Waals surface area contributed by atoms with E-state index in [9.17, 15) is 4.79 Å². The number of thioether (sulfide) groups is 1. The normalized spacial score (nSPS) is 14.7. The number of anilines is 1. The van der Waals surface area contributed by atoms with Gasteiger partial charge in [0.1, 0.15) is 12.6 Å². The lowest BCUT2D eigenvalue weighted by molar-refractivity contribution is -0.139. The number of aryl methyl sites for hydroxylation is 1. The van der Waals surface area contributed by atoms with Gasteiger partial charge < -0.3 is 19.5 Å². The lowest BCUT2D eigenvalue weighted by Gasteiger charge is -2.28. The second-order valence-corrected chi connectivity index (χ2v) is 9.71. The summed E-state index contributed by atoms with van der Waals surface area (Å²) in [6.07, 6.45) is 1.01. The maximum Gasteiger partial charge on any atom is 0.338 e. The fourth-order valence-electron chi connectivity index (χ4n) is 4.18. The van der Waals surface area contributed by atoms with E-state index >= 15 is 0 Å². The van der Waals surface area contributed by atoms with Crippen LogP contribution in [0.4, 0.5) is 5.95 Å². The van der Waals surface area contributed by atoms with Crippen molar-refractivity contribution in [2.45, 2.75) is 58.8 Å². The highest BCUT2D eigenvalue weighted by atomic mass is 32.2. The molecule has 0 bridgehead atoms. The minimum atomic E-state index is -0.525. The maximum atomic E-state index is 13.1. The molecule has 1 atom stereocenters. The van der Waals surface area contributed by atoms with Crippen LogP contribution in [-0.4, -0.2) is 39.7 Å². The topological polar surface area (TPSA) is 87.5 Å². The molecule has 37 heavy (non-hydrogen) atoms. The minimum Gasteiger partial charge on any atom is -0.490 e. The number of allylic oxidation sites excluding steroid dienone is 1. The van der Waals surface area contributed by atoms with Crippen LogP contribution in [0.15, 0.2) is 58.9 Å². The van der Waals surface area contributed by atoms with Gasteiger partial charge in [-0.1, -0.05) is 49.0 Å². The molecule has 2 aromatic carbocycles. The summed E-state index contributed by atoms with van der Waals surface area (Å²) >= 11 is 1.59. The Kier molecular flexibility index (Phi) is 8.76. The number of ether oxygens (including phenoxy) is 3. The summed E-state index contributed by atoms with van der Waals surface area (Å²) in [5.74, 6) is 2.35. The first-order chi connectivity index (χ1) is 18.0. The lowest BCUT2D eigenvalue weighted by Crippen LogP contribution is -2.29. The Hall–Kier alpha value is -3.46. The molecular weight excluding hydrogens is 488 g/mol. The molecule has 1 aliphatic heterocycles. The summed E-state index contributed by atoms with van der Waals surface area (Å²) in [4.78, 5) is 17.8. The Morgan fingerprint density at radius 3 is 2.59 bits per heavy atom. The fraction of sp³-hybridized carbons (Fsp3) is 0.393. The smallest absolute Gasteiger partial charge is 0.338 e. The van der Waals surface area contributed by atoms with Crippen molar-refractivity contribution in [1.82, 2.24) is 14.8 Å². The first kappa shape index (κ1) is 26.6. The van der Waals surface area contributed by atoms with E-state index in [1.54, 1.807) is 23.4 Å². The molecule has 1 aliphatic rings. The maximum absolute atomic E-state index is 13.1. The summed E-state index contributed by atoms with van der Waals surface area (Å²) in [6.45, 7) is 11.0. The highest BCUT2D eigenvalue weighted by Crippen LogP contribution is 2.40. The highest BCUT2D eigenvalue weighted by molar-refractivity contribution is 7.99. The van der Waals surface area contributed by atoms with Gasteiger partial charge >= 0.3 is 5.97 Å². The summed E-state index contributed by atoms with van der Waals surface area (Å²) in [5.41, 5.74) is 4.28. The number of rotatable bonds is 11. The molecule has 3 aromatic rings. The van der Waals surface area contributed by atoms with E-state index in [4.69, 9.17) is 19.3 Å². The molecule has 0 spiro atoms. The first-order valence-electron chi connectivity index (χ1n) is 12.6. The number of hydrogen-bond acceptors (Lipinski definition) is 8. The van der Waals surface area contributed by atoms with Crippen molar-refractivity contribution >= 4 is 23.7 Å². The predicted molar refractivity (Wildman–Crippen MR) is 145 cm³/mol. The number of nitrogens with one attached hydrogen (secondary N) is 1. The fourth-order valence-corrected chi connectivity index (χ4v) is 4.86. The second kappa shape index (κ2) is 12.2. The van der Waals surface area contributed by atoms with Crippen molar-refractivity contribution in [3.05, 3.63) is 70.4 Å². The molecule has 196 valence electrons. The van der Waals surface area contributed by atoms with Gasteiger partial charge in [0.25, 0.3) is 0 Å². The van der Waals surface area contributed by atoms with Crippen LogP contribution in [0.25, 0.3) is 0 Å². The Morgan fingerprint density at radius 2 is 1.86 bits per heavy atom. The average molecular weight is 523 g/mol. The number of esters is 1. The van der Waals surface area contributed by atoms with E-state index in [2.05, 4.69) is 36.3 Å². The van der Waals surface area contributed by atoms with Crippen LogP contribution in [0.3, 0.4) is 0 Å². The largest absolute Gasteiger partial charge is 0.490 e. The zero-order valence-electron chi connectivity index (χ0n) is 22.0. The third-order valence-corrected chi connectivity index (χ3v) is 7.04.